The number of furan rings is 1. The molecule has 2 aromatic heterocycles. The summed E-state index contributed by atoms with van der Waals surface area (Å²) in [6, 6.07) is 13.1. The Morgan fingerprint density at radius 3 is 2.88 bits per heavy atom. The zero-order chi connectivity index (χ0) is 17.9. The van der Waals surface area contributed by atoms with Gasteiger partial charge in [-0.2, -0.15) is 0 Å². The lowest BCUT2D eigenvalue weighted by atomic mass is 10.1. The molecule has 0 bridgehead atoms. The summed E-state index contributed by atoms with van der Waals surface area (Å²) in [6.45, 7) is 0.280. The van der Waals surface area contributed by atoms with Crippen molar-refractivity contribution in [2.75, 3.05) is 5.32 Å². The fourth-order valence-electron chi connectivity index (χ4n) is 3.00. The van der Waals surface area contributed by atoms with Crippen molar-refractivity contribution < 1.29 is 13.9 Å². The van der Waals surface area contributed by atoms with Gasteiger partial charge in [0.1, 0.15) is 23.9 Å². The molecule has 3 aromatic rings. The molecule has 0 radical (unpaired) electrons. The van der Waals surface area contributed by atoms with Crippen LogP contribution in [0.5, 0.6) is 5.75 Å². The van der Waals surface area contributed by atoms with Gasteiger partial charge in [-0.05, 0) is 82.7 Å². The number of fused-ring (bicyclic) bond motifs is 1. The van der Waals surface area contributed by atoms with Gasteiger partial charge in [0.25, 0.3) is 5.91 Å². The molecular weight excluding hydrogens is 396 g/mol. The molecule has 4 rings (SSSR count). The summed E-state index contributed by atoms with van der Waals surface area (Å²) in [7, 11) is 0. The van der Waals surface area contributed by atoms with Crippen molar-refractivity contribution in [1.29, 1.82) is 0 Å². The van der Waals surface area contributed by atoms with Crippen molar-refractivity contribution in [2.45, 2.75) is 25.9 Å². The lowest BCUT2D eigenvalue weighted by Crippen LogP contribution is -2.11. The zero-order valence-corrected chi connectivity index (χ0v) is 15.6. The number of halogens is 1. The molecule has 0 saturated heterocycles. The van der Waals surface area contributed by atoms with Crippen LogP contribution in [0.1, 0.15) is 33.9 Å². The van der Waals surface area contributed by atoms with Gasteiger partial charge < -0.3 is 14.5 Å². The molecule has 0 atom stereocenters. The average molecular weight is 413 g/mol. The number of anilines is 1. The number of carbonyl (C=O) groups is 1. The van der Waals surface area contributed by atoms with E-state index in [1.165, 1.54) is 17.5 Å². The third kappa shape index (κ3) is 3.80. The summed E-state index contributed by atoms with van der Waals surface area (Å²) in [4.78, 5) is 16.3. The van der Waals surface area contributed by atoms with Crippen LogP contribution in [0.2, 0.25) is 0 Å². The van der Waals surface area contributed by atoms with Gasteiger partial charge in [0.05, 0.1) is 0 Å². The van der Waals surface area contributed by atoms with Gasteiger partial charge in [0.15, 0.2) is 5.76 Å². The highest BCUT2D eigenvalue weighted by atomic mass is 79.9. The Labute approximate surface area is 159 Å². The minimum atomic E-state index is -0.344. The number of hydrogen-bond donors (Lipinski definition) is 1. The lowest BCUT2D eigenvalue weighted by molar-refractivity contribution is 0.0992. The lowest BCUT2D eigenvalue weighted by Gasteiger charge is -2.06. The Morgan fingerprint density at radius 2 is 2.04 bits per heavy atom. The first-order valence-electron chi connectivity index (χ1n) is 8.43. The van der Waals surface area contributed by atoms with Crippen molar-refractivity contribution >= 4 is 27.7 Å². The number of nitrogens with zero attached hydrogens (tertiary/aromatic N) is 1. The maximum atomic E-state index is 12.2. The van der Waals surface area contributed by atoms with Gasteiger partial charge in [-0.25, -0.2) is 4.98 Å². The number of aromatic nitrogens is 1. The summed E-state index contributed by atoms with van der Waals surface area (Å²) in [6.07, 6.45) is 5.09. The van der Waals surface area contributed by atoms with E-state index in [-0.39, 0.29) is 18.3 Å². The Balaban J connectivity index is 1.36. The SMILES string of the molecule is O=C(Nc1ccc(Br)cn1)c1ccc(COc2ccc3c(c2)CCC3)o1. The van der Waals surface area contributed by atoms with Crippen molar-refractivity contribution in [3.63, 3.8) is 0 Å². The topological polar surface area (TPSA) is 64.4 Å². The van der Waals surface area contributed by atoms with Crippen LogP contribution >= 0.6 is 15.9 Å². The van der Waals surface area contributed by atoms with Crippen LogP contribution in [0.15, 0.2) is 57.6 Å². The fraction of sp³-hybridized carbons (Fsp3) is 0.200. The van der Waals surface area contributed by atoms with E-state index in [1.54, 1.807) is 30.5 Å². The highest BCUT2D eigenvalue weighted by Crippen LogP contribution is 2.26. The minimum Gasteiger partial charge on any atom is -0.486 e. The van der Waals surface area contributed by atoms with Crippen molar-refractivity contribution in [1.82, 2.24) is 4.98 Å². The molecule has 1 amide bonds. The van der Waals surface area contributed by atoms with E-state index in [4.69, 9.17) is 9.15 Å². The first kappa shape index (κ1) is 16.8. The fourth-order valence-corrected chi connectivity index (χ4v) is 3.23. The summed E-state index contributed by atoms with van der Waals surface area (Å²) < 4.78 is 12.2. The van der Waals surface area contributed by atoms with Gasteiger partial charge in [-0.15, -0.1) is 0 Å². The monoisotopic (exact) mass is 412 g/mol. The number of pyridine rings is 1. The number of carbonyl (C=O) groups excluding carboxylic acids is 1. The molecule has 2 heterocycles. The first-order chi connectivity index (χ1) is 12.7. The van der Waals surface area contributed by atoms with Crippen molar-refractivity contribution in [2.24, 2.45) is 0 Å². The molecule has 0 spiro atoms. The van der Waals surface area contributed by atoms with Crippen LogP contribution in [0.4, 0.5) is 5.82 Å². The molecule has 26 heavy (non-hydrogen) atoms. The number of hydrogen-bond acceptors (Lipinski definition) is 4. The quantitative estimate of drug-likeness (QED) is 0.655. The van der Waals surface area contributed by atoms with Crippen LogP contribution in [-0.4, -0.2) is 10.9 Å². The van der Waals surface area contributed by atoms with E-state index in [0.29, 0.717) is 11.6 Å². The van der Waals surface area contributed by atoms with E-state index in [0.717, 1.165) is 23.1 Å². The highest BCUT2D eigenvalue weighted by molar-refractivity contribution is 9.10. The molecule has 5 nitrogen and oxygen atoms in total. The predicted octanol–water partition coefficient (Wildman–Crippen LogP) is 4.76. The van der Waals surface area contributed by atoms with E-state index in [9.17, 15) is 4.79 Å². The zero-order valence-electron chi connectivity index (χ0n) is 14.0. The standard InChI is InChI=1S/C20H17BrN2O3/c21-15-5-9-19(22-11-15)23-20(24)18-8-7-17(26-18)12-25-16-6-4-13-2-1-3-14(13)10-16/h4-11H,1-3,12H2,(H,22,23,24). The number of ether oxygens (including phenoxy) is 1. The second-order valence-corrected chi connectivity index (χ2v) is 7.07. The molecular formula is C20H17BrN2O3. The Kier molecular flexibility index (Phi) is 4.75. The number of amides is 1. The molecule has 0 unspecified atom stereocenters. The number of rotatable bonds is 5. The molecule has 6 heteroatoms. The number of nitrogens with one attached hydrogen (secondary N) is 1. The Bertz CT molecular complexity index is 934. The van der Waals surface area contributed by atoms with Crippen LogP contribution in [-0.2, 0) is 19.4 Å². The first-order valence-corrected chi connectivity index (χ1v) is 9.23. The van der Waals surface area contributed by atoms with E-state index >= 15 is 0 Å². The van der Waals surface area contributed by atoms with Crippen LogP contribution in [0, 0.1) is 0 Å². The van der Waals surface area contributed by atoms with Gasteiger partial charge in [0.2, 0.25) is 0 Å². The molecule has 1 aliphatic rings. The Hall–Kier alpha value is -2.60. The molecule has 0 fully saturated rings. The molecule has 1 aliphatic carbocycles. The second kappa shape index (κ2) is 7.33. The van der Waals surface area contributed by atoms with Crippen LogP contribution in [0.25, 0.3) is 0 Å². The molecule has 1 aromatic carbocycles. The summed E-state index contributed by atoms with van der Waals surface area (Å²) in [5.41, 5.74) is 2.78. The van der Waals surface area contributed by atoms with Crippen molar-refractivity contribution in [3.8, 4) is 5.75 Å². The smallest absolute Gasteiger partial charge is 0.292 e. The van der Waals surface area contributed by atoms with E-state index < -0.39 is 0 Å². The van der Waals surface area contributed by atoms with E-state index in [1.807, 2.05) is 6.07 Å². The number of benzene rings is 1. The van der Waals surface area contributed by atoms with Gasteiger partial charge in [-0.1, -0.05) is 6.07 Å². The van der Waals surface area contributed by atoms with Gasteiger partial charge in [-0.3, -0.25) is 4.79 Å². The maximum absolute atomic E-state index is 12.2. The minimum absolute atomic E-state index is 0.224. The van der Waals surface area contributed by atoms with Crippen LogP contribution in [0.3, 0.4) is 0 Å². The van der Waals surface area contributed by atoms with Gasteiger partial charge in [0, 0.05) is 10.7 Å². The third-order valence-electron chi connectivity index (χ3n) is 4.31. The molecule has 0 aliphatic heterocycles. The third-order valence-corrected chi connectivity index (χ3v) is 4.77. The molecule has 0 saturated carbocycles. The maximum Gasteiger partial charge on any atom is 0.292 e. The summed E-state index contributed by atoms with van der Waals surface area (Å²) in [5, 5.41) is 2.70. The Morgan fingerprint density at radius 1 is 1.15 bits per heavy atom. The second-order valence-electron chi connectivity index (χ2n) is 6.15. The van der Waals surface area contributed by atoms with Crippen LogP contribution < -0.4 is 10.1 Å². The highest BCUT2D eigenvalue weighted by Gasteiger charge is 2.14. The summed E-state index contributed by atoms with van der Waals surface area (Å²) in [5.74, 6) is 1.77. The normalized spacial score (nSPS) is 12.7. The average Bonchev–Trinajstić information content (AvgIpc) is 3.30. The van der Waals surface area contributed by atoms with Crippen molar-refractivity contribution in [3.05, 3.63) is 75.8 Å². The number of aryl methyl sites for hydroxylation is 2. The van der Waals surface area contributed by atoms with Gasteiger partial charge >= 0.3 is 0 Å². The molecule has 1 N–H and O–H groups in total. The molecule has 132 valence electrons. The van der Waals surface area contributed by atoms with E-state index in [2.05, 4.69) is 38.4 Å². The summed E-state index contributed by atoms with van der Waals surface area (Å²) >= 11 is 3.31. The largest absolute Gasteiger partial charge is 0.486 e. The predicted molar refractivity (Wildman–Crippen MR) is 101 cm³/mol.